The Morgan fingerprint density at radius 3 is 2.08 bits per heavy atom. The van der Waals surface area contributed by atoms with Crippen molar-refractivity contribution >= 4 is 17.8 Å². The molecule has 0 saturated carbocycles. The van der Waals surface area contributed by atoms with Crippen molar-refractivity contribution < 1.29 is 60.4 Å². The zero-order chi connectivity index (χ0) is 30.3. The fourth-order valence-electron chi connectivity index (χ4n) is 3.93. The highest BCUT2D eigenvalue weighted by atomic mass is 19.4. The SMILES string of the molecule is Cc1cc(C(=O)N2CC[C@]3(C[C@H](Oc4cccnc4)CO3)C2)cc(C)n1.O=C(O)C(F)(F)F.O=C(O)C(F)(F)F. The number of carboxylic acids is 2. The summed E-state index contributed by atoms with van der Waals surface area (Å²) >= 11 is 0. The van der Waals surface area contributed by atoms with Crippen molar-refractivity contribution in [2.75, 3.05) is 19.7 Å². The van der Waals surface area contributed by atoms with E-state index in [4.69, 9.17) is 29.3 Å². The van der Waals surface area contributed by atoms with Gasteiger partial charge in [-0.15, -0.1) is 0 Å². The predicted octanol–water partition coefficient (Wildman–Crippen LogP) is 3.81. The van der Waals surface area contributed by atoms with E-state index in [2.05, 4.69) is 9.97 Å². The van der Waals surface area contributed by atoms with Gasteiger partial charge in [-0.2, -0.15) is 26.3 Å². The smallest absolute Gasteiger partial charge is 0.486 e. The Balaban J connectivity index is 0.000000333. The van der Waals surface area contributed by atoms with Crippen LogP contribution >= 0.6 is 0 Å². The van der Waals surface area contributed by atoms with E-state index in [-0.39, 0.29) is 17.6 Å². The number of aromatic nitrogens is 2. The van der Waals surface area contributed by atoms with Gasteiger partial charge in [0.1, 0.15) is 11.9 Å². The normalized spacial score (nSPS) is 20.2. The average Bonchev–Trinajstić information content (AvgIpc) is 3.44. The Morgan fingerprint density at radius 2 is 1.60 bits per heavy atom. The van der Waals surface area contributed by atoms with Crippen molar-refractivity contribution in [3.05, 3.63) is 53.6 Å². The largest absolute Gasteiger partial charge is 0.490 e. The van der Waals surface area contributed by atoms with Crippen molar-refractivity contribution in [2.24, 2.45) is 0 Å². The molecule has 2 N–H and O–H groups in total. The predicted molar refractivity (Wildman–Crippen MR) is 124 cm³/mol. The van der Waals surface area contributed by atoms with Crippen molar-refractivity contribution in [1.29, 1.82) is 0 Å². The van der Waals surface area contributed by atoms with Gasteiger partial charge in [0.05, 0.1) is 24.9 Å². The fraction of sp³-hybridized carbons (Fsp3) is 0.458. The zero-order valence-corrected chi connectivity index (χ0v) is 21.1. The van der Waals surface area contributed by atoms with Crippen LogP contribution in [0.25, 0.3) is 0 Å². The molecular weight excluding hydrogens is 556 g/mol. The zero-order valence-electron chi connectivity index (χ0n) is 21.1. The average molecular weight is 581 g/mol. The summed E-state index contributed by atoms with van der Waals surface area (Å²) in [5, 5.41) is 14.2. The molecule has 0 radical (unpaired) electrons. The van der Waals surface area contributed by atoms with Crippen LogP contribution in [0, 0.1) is 13.8 Å². The van der Waals surface area contributed by atoms with Gasteiger partial charge in [0.2, 0.25) is 0 Å². The van der Waals surface area contributed by atoms with Crippen LogP contribution in [0.2, 0.25) is 0 Å². The highest BCUT2D eigenvalue weighted by Crippen LogP contribution is 2.37. The van der Waals surface area contributed by atoms with Gasteiger partial charge < -0.3 is 24.6 Å². The summed E-state index contributed by atoms with van der Waals surface area (Å²) in [7, 11) is 0. The Morgan fingerprint density at radius 1 is 1.05 bits per heavy atom. The van der Waals surface area contributed by atoms with Crippen molar-refractivity contribution in [2.45, 2.75) is 50.7 Å². The lowest BCUT2D eigenvalue weighted by Gasteiger charge is -2.23. The van der Waals surface area contributed by atoms with E-state index in [0.29, 0.717) is 25.3 Å². The molecule has 2 fully saturated rings. The van der Waals surface area contributed by atoms with Crippen LogP contribution in [-0.2, 0) is 14.3 Å². The quantitative estimate of drug-likeness (QED) is 0.518. The van der Waals surface area contributed by atoms with E-state index in [1.807, 2.05) is 43.0 Å². The Hall–Kier alpha value is -3.95. The Labute approximate surface area is 223 Å². The first kappa shape index (κ1) is 32.3. The first-order valence-corrected chi connectivity index (χ1v) is 11.5. The minimum Gasteiger partial charge on any atom is -0.486 e. The van der Waals surface area contributed by atoms with Crippen molar-refractivity contribution in [3.63, 3.8) is 0 Å². The first-order chi connectivity index (χ1) is 18.4. The molecule has 2 aromatic heterocycles. The number of amides is 1. The molecule has 2 atom stereocenters. The molecule has 2 aliphatic rings. The van der Waals surface area contributed by atoms with Crippen LogP contribution in [0.1, 0.15) is 34.6 Å². The lowest BCUT2D eigenvalue weighted by Crippen LogP contribution is -2.36. The third kappa shape index (κ3) is 9.66. The number of carboxylic acid groups (broad SMARTS) is 2. The molecule has 1 amide bonds. The maximum atomic E-state index is 12.9. The second-order valence-corrected chi connectivity index (χ2v) is 8.85. The first-order valence-electron chi connectivity index (χ1n) is 11.5. The van der Waals surface area contributed by atoms with E-state index in [1.54, 1.807) is 12.4 Å². The second kappa shape index (κ2) is 12.9. The van der Waals surface area contributed by atoms with Crippen LogP contribution in [0.15, 0.2) is 36.7 Å². The monoisotopic (exact) mass is 581 g/mol. The fourth-order valence-corrected chi connectivity index (χ4v) is 3.93. The summed E-state index contributed by atoms with van der Waals surface area (Å²) in [5.74, 6) is -4.71. The van der Waals surface area contributed by atoms with Gasteiger partial charge in [-0.25, -0.2) is 9.59 Å². The van der Waals surface area contributed by atoms with Crippen LogP contribution in [0.4, 0.5) is 26.3 Å². The molecule has 10 nitrogen and oxygen atoms in total. The minimum absolute atomic E-state index is 0.000309. The number of alkyl halides is 6. The molecule has 0 bridgehead atoms. The van der Waals surface area contributed by atoms with E-state index in [1.165, 1.54) is 0 Å². The molecule has 0 aromatic carbocycles. The molecule has 4 heterocycles. The topological polar surface area (TPSA) is 139 Å². The van der Waals surface area contributed by atoms with Crippen LogP contribution in [-0.4, -0.2) is 86.7 Å². The molecule has 2 aliphatic heterocycles. The number of hydrogen-bond donors (Lipinski definition) is 2. The molecule has 0 unspecified atom stereocenters. The number of likely N-dealkylation sites (tertiary alicyclic amines) is 1. The number of carbonyl (C=O) groups excluding carboxylic acids is 1. The molecule has 1 spiro atoms. The number of aryl methyl sites for hydroxylation is 2. The summed E-state index contributed by atoms with van der Waals surface area (Å²) < 4.78 is 75.5. The van der Waals surface area contributed by atoms with Crippen molar-refractivity contribution in [1.82, 2.24) is 14.9 Å². The Bertz CT molecular complexity index is 1150. The third-order valence-corrected chi connectivity index (χ3v) is 5.53. The number of pyridine rings is 2. The van der Waals surface area contributed by atoms with Gasteiger partial charge in [-0.05, 0) is 44.5 Å². The maximum Gasteiger partial charge on any atom is 0.490 e. The van der Waals surface area contributed by atoms with Crippen LogP contribution < -0.4 is 4.74 Å². The lowest BCUT2D eigenvalue weighted by atomic mass is 9.98. The molecule has 40 heavy (non-hydrogen) atoms. The van der Waals surface area contributed by atoms with E-state index in [0.717, 1.165) is 30.0 Å². The number of aliphatic carboxylic acids is 2. The van der Waals surface area contributed by atoms with Gasteiger partial charge in [-0.3, -0.25) is 14.8 Å². The molecule has 0 aliphatic carbocycles. The van der Waals surface area contributed by atoms with Gasteiger partial charge in [0.15, 0.2) is 0 Å². The minimum atomic E-state index is -5.08. The number of rotatable bonds is 3. The molecule has 2 aromatic rings. The maximum absolute atomic E-state index is 12.9. The van der Waals surface area contributed by atoms with Gasteiger partial charge in [0, 0.05) is 36.1 Å². The van der Waals surface area contributed by atoms with Crippen LogP contribution in [0.5, 0.6) is 5.75 Å². The van der Waals surface area contributed by atoms with Crippen LogP contribution in [0.3, 0.4) is 0 Å². The summed E-state index contributed by atoms with van der Waals surface area (Å²) in [6, 6.07) is 7.46. The molecule has 16 heteroatoms. The van der Waals surface area contributed by atoms with E-state index >= 15 is 0 Å². The molecule has 4 rings (SSSR count). The van der Waals surface area contributed by atoms with Gasteiger partial charge in [-0.1, -0.05) is 0 Å². The number of ether oxygens (including phenoxy) is 2. The number of nitrogens with zero attached hydrogens (tertiary/aromatic N) is 3. The second-order valence-electron chi connectivity index (χ2n) is 8.85. The number of hydrogen-bond acceptors (Lipinski definition) is 7. The molecule has 2 saturated heterocycles. The highest BCUT2D eigenvalue weighted by molar-refractivity contribution is 5.94. The third-order valence-electron chi connectivity index (χ3n) is 5.53. The highest BCUT2D eigenvalue weighted by Gasteiger charge is 2.47. The summed E-state index contributed by atoms with van der Waals surface area (Å²) in [6.07, 6.45) is -5.10. The summed E-state index contributed by atoms with van der Waals surface area (Å²) in [6.45, 7) is 5.69. The standard InChI is InChI=1S/C20H23N3O3.2C2HF3O2/c1-14-8-16(9-15(2)22-14)19(24)23-7-5-20(13-23)10-18(12-25-20)26-17-4-3-6-21-11-17;2*3-2(4,5)1(6)7/h3-4,6,8-9,11,18H,5,7,10,12-13H2,1-2H3;2*(H,6,7)/t18-,20-;;/m0../s1. The summed E-state index contributed by atoms with van der Waals surface area (Å²) in [4.78, 5) is 41.0. The van der Waals surface area contributed by atoms with Gasteiger partial charge >= 0.3 is 24.3 Å². The summed E-state index contributed by atoms with van der Waals surface area (Å²) in [5.41, 5.74) is 2.14. The Kier molecular flexibility index (Phi) is 10.4. The van der Waals surface area contributed by atoms with Crippen molar-refractivity contribution in [3.8, 4) is 5.75 Å². The number of carbonyl (C=O) groups is 3. The van der Waals surface area contributed by atoms with E-state index in [9.17, 15) is 31.1 Å². The lowest BCUT2D eigenvalue weighted by molar-refractivity contribution is -0.193. The molecular formula is C24H25F6N3O7. The number of halogens is 6. The van der Waals surface area contributed by atoms with E-state index < -0.39 is 24.3 Å². The molecule has 220 valence electrons. The van der Waals surface area contributed by atoms with Gasteiger partial charge in [0.25, 0.3) is 5.91 Å².